The molecule has 2 aliphatic rings. The molecular weight excluding hydrogens is 328 g/mol. The summed E-state index contributed by atoms with van der Waals surface area (Å²) in [5, 5.41) is -0.278. The van der Waals surface area contributed by atoms with Gasteiger partial charge < -0.3 is 0 Å². The van der Waals surface area contributed by atoms with Crippen LogP contribution in [-0.2, 0) is 20.6 Å². The average molecular weight is 332 g/mol. The smallest absolute Gasteiger partial charge is 0.232 e. The van der Waals surface area contributed by atoms with Gasteiger partial charge in [0.25, 0.3) is 0 Å². The third-order valence-corrected chi connectivity index (χ3v) is 6.37. The number of hydrogen-bond acceptors (Lipinski definition) is 6. The Morgan fingerprint density at radius 2 is 1.38 bits per heavy atom. The number of fused-ring (bicyclic) bond motifs is 5. The van der Waals surface area contributed by atoms with Gasteiger partial charge in [0.05, 0.1) is 0 Å². The molecule has 2 heterocycles. The van der Waals surface area contributed by atoms with Gasteiger partial charge in [-0.15, -0.1) is 0 Å². The maximum Gasteiger partial charge on any atom is 0.232 e. The lowest BCUT2D eigenvalue weighted by molar-refractivity contribution is 0.107. The molecule has 1 atom stereocenters. The van der Waals surface area contributed by atoms with E-state index in [0.29, 0.717) is 39.2 Å². The Hall–Kier alpha value is -1.70. The molecule has 0 aliphatic carbocycles. The van der Waals surface area contributed by atoms with Crippen LogP contribution in [0.2, 0.25) is 0 Å². The van der Waals surface area contributed by atoms with E-state index in [4.69, 9.17) is 11.2 Å². The minimum absolute atomic E-state index is 0.288. The summed E-state index contributed by atoms with van der Waals surface area (Å²) in [4.78, 5) is 47.9. The molecule has 0 fully saturated rings. The van der Waals surface area contributed by atoms with Crippen molar-refractivity contribution in [3.05, 3.63) is 46.5 Å². The van der Waals surface area contributed by atoms with Gasteiger partial charge in [-0.05, 0) is 45.9 Å². The van der Waals surface area contributed by atoms with Crippen LogP contribution in [0.25, 0.3) is 10.8 Å². The molecule has 2 aromatic rings. The van der Waals surface area contributed by atoms with Crippen molar-refractivity contribution in [2.24, 2.45) is 0 Å². The molecule has 0 bridgehead atoms. The predicted molar refractivity (Wildman–Crippen MR) is 83.6 cm³/mol. The van der Waals surface area contributed by atoms with Crippen molar-refractivity contribution in [1.82, 2.24) is 0 Å². The SMILES string of the molecule is O=C1SC(=O)c2c1ccc1c3c(ccc21)C(=O)S(=S)C3=O. The van der Waals surface area contributed by atoms with Crippen molar-refractivity contribution in [2.45, 2.75) is 0 Å². The summed E-state index contributed by atoms with van der Waals surface area (Å²) in [6, 6.07) is 6.30. The highest BCUT2D eigenvalue weighted by Gasteiger charge is 2.36. The van der Waals surface area contributed by atoms with E-state index in [-0.39, 0.29) is 26.0 Å². The minimum atomic E-state index is -1.38. The molecule has 7 heteroatoms. The van der Waals surface area contributed by atoms with Crippen molar-refractivity contribution in [3.8, 4) is 0 Å². The fraction of sp³-hybridized carbons (Fsp3) is 0. The van der Waals surface area contributed by atoms with Gasteiger partial charge in [0.1, 0.15) is 0 Å². The zero-order chi connectivity index (χ0) is 14.9. The quantitative estimate of drug-likeness (QED) is 0.737. The normalized spacial score (nSPS) is 20.3. The van der Waals surface area contributed by atoms with E-state index in [2.05, 4.69) is 0 Å². The summed E-state index contributed by atoms with van der Waals surface area (Å²) >= 11 is 5.61. The molecule has 0 amide bonds. The molecule has 1 unspecified atom stereocenters. The second kappa shape index (κ2) is 4.16. The highest BCUT2D eigenvalue weighted by atomic mass is 32.8. The zero-order valence-electron chi connectivity index (χ0n) is 10.2. The summed E-state index contributed by atoms with van der Waals surface area (Å²) in [5.74, 6) is 0. The second-order valence-corrected chi connectivity index (χ2v) is 7.82. The van der Waals surface area contributed by atoms with Crippen molar-refractivity contribution >= 4 is 63.6 Å². The van der Waals surface area contributed by atoms with E-state index in [1.807, 2.05) is 0 Å². The molecule has 0 spiro atoms. The molecule has 0 radical (unpaired) electrons. The van der Waals surface area contributed by atoms with Gasteiger partial charge in [-0.25, -0.2) is 0 Å². The summed E-state index contributed by atoms with van der Waals surface area (Å²) in [6.45, 7) is 0. The fourth-order valence-electron chi connectivity index (χ4n) is 2.65. The van der Waals surface area contributed by atoms with Crippen molar-refractivity contribution < 1.29 is 19.2 Å². The lowest BCUT2D eigenvalue weighted by Gasteiger charge is -2.06. The van der Waals surface area contributed by atoms with E-state index in [9.17, 15) is 19.2 Å². The maximum absolute atomic E-state index is 12.2. The van der Waals surface area contributed by atoms with Gasteiger partial charge in [-0.2, -0.15) is 0 Å². The lowest BCUT2D eigenvalue weighted by atomic mass is 9.95. The van der Waals surface area contributed by atoms with Crippen molar-refractivity contribution in [3.63, 3.8) is 0 Å². The highest BCUT2D eigenvalue weighted by molar-refractivity contribution is 8.46. The Morgan fingerprint density at radius 3 is 2.10 bits per heavy atom. The maximum atomic E-state index is 12.2. The topological polar surface area (TPSA) is 68.3 Å². The summed E-state index contributed by atoms with van der Waals surface area (Å²) in [6.07, 6.45) is 0. The van der Waals surface area contributed by atoms with Crippen LogP contribution in [-0.4, -0.2) is 20.5 Å². The van der Waals surface area contributed by atoms with Crippen molar-refractivity contribution in [1.29, 1.82) is 0 Å². The molecule has 0 saturated carbocycles. The summed E-state index contributed by atoms with van der Waals surface area (Å²) < 4.78 is 0. The third-order valence-electron chi connectivity index (χ3n) is 3.57. The van der Waals surface area contributed by atoms with Crippen LogP contribution >= 0.6 is 11.8 Å². The molecule has 2 aromatic carbocycles. The molecule has 21 heavy (non-hydrogen) atoms. The molecule has 2 aliphatic heterocycles. The van der Waals surface area contributed by atoms with Gasteiger partial charge in [0, 0.05) is 31.7 Å². The molecule has 0 N–H and O–H groups in total. The number of benzene rings is 2. The van der Waals surface area contributed by atoms with Crippen LogP contribution in [0.1, 0.15) is 41.4 Å². The first-order valence-corrected chi connectivity index (χ1v) is 8.84. The van der Waals surface area contributed by atoms with Gasteiger partial charge in [-0.3, -0.25) is 19.2 Å². The van der Waals surface area contributed by atoms with E-state index in [1.54, 1.807) is 12.1 Å². The molecule has 0 saturated heterocycles. The number of carbonyl (C=O) groups is 4. The fourth-order valence-corrected chi connectivity index (χ4v) is 4.89. The number of carbonyl (C=O) groups excluding carboxylic acids is 4. The van der Waals surface area contributed by atoms with Gasteiger partial charge in [0.2, 0.25) is 20.5 Å². The van der Waals surface area contributed by atoms with Crippen LogP contribution in [0, 0.1) is 0 Å². The third kappa shape index (κ3) is 1.53. The Balaban J connectivity index is 2.17. The highest BCUT2D eigenvalue weighted by Crippen LogP contribution is 2.38. The van der Waals surface area contributed by atoms with E-state index in [0.717, 1.165) is 0 Å². The van der Waals surface area contributed by atoms with E-state index in [1.165, 1.54) is 12.1 Å². The Labute approximate surface area is 129 Å². The van der Waals surface area contributed by atoms with Crippen LogP contribution in [0.4, 0.5) is 0 Å². The average Bonchev–Trinajstić information content (AvgIpc) is 2.89. The van der Waals surface area contributed by atoms with E-state index < -0.39 is 9.45 Å². The van der Waals surface area contributed by atoms with Crippen LogP contribution < -0.4 is 0 Å². The standard InChI is InChI=1S/C14H4O4S3/c15-11-7-3-1-6-5(9(7)12(16)20-11)2-4-8-10(6)14(18)21(19)13(8)17/h1-4H. The largest absolute Gasteiger partial charge is 0.281 e. The lowest BCUT2D eigenvalue weighted by Crippen LogP contribution is -2.03. The Morgan fingerprint density at radius 1 is 0.762 bits per heavy atom. The molecule has 4 nitrogen and oxygen atoms in total. The Bertz CT molecular complexity index is 958. The first-order valence-electron chi connectivity index (χ1n) is 5.87. The van der Waals surface area contributed by atoms with Crippen LogP contribution in [0.5, 0.6) is 0 Å². The zero-order valence-corrected chi connectivity index (χ0v) is 12.6. The molecule has 4 rings (SSSR count). The number of thioether (sulfide) groups is 1. The summed E-state index contributed by atoms with van der Waals surface area (Å²) in [5.41, 5.74) is 1.28. The molecule has 0 aromatic heterocycles. The van der Waals surface area contributed by atoms with Crippen LogP contribution in [0.15, 0.2) is 24.3 Å². The number of rotatable bonds is 0. The van der Waals surface area contributed by atoms with E-state index >= 15 is 0 Å². The molecular formula is C14H4O4S3. The first kappa shape index (κ1) is 13.0. The number of hydrogen-bond donors (Lipinski definition) is 0. The monoisotopic (exact) mass is 332 g/mol. The van der Waals surface area contributed by atoms with Gasteiger partial charge in [-0.1, -0.05) is 12.1 Å². The van der Waals surface area contributed by atoms with Crippen LogP contribution in [0.3, 0.4) is 0 Å². The predicted octanol–water partition coefficient (Wildman–Crippen LogP) is 2.24. The molecule has 102 valence electrons. The Kier molecular flexibility index (Phi) is 2.57. The first-order chi connectivity index (χ1) is 10.0. The van der Waals surface area contributed by atoms with Gasteiger partial charge >= 0.3 is 0 Å². The minimum Gasteiger partial charge on any atom is -0.281 e. The summed E-state index contributed by atoms with van der Waals surface area (Å²) in [7, 11) is -1.38. The van der Waals surface area contributed by atoms with Crippen molar-refractivity contribution in [2.75, 3.05) is 0 Å². The van der Waals surface area contributed by atoms with Gasteiger partial charge in [0.15, 0.2) is 0 Å². The second-order valence-electron chi connectivity index (χ2n) is 4.59.